The smallest absolute Gasteiger partial charge is 0.265 e. The van der Waals surface area contributed by atoms with Crippen LogP contribution in [0.4, 0.5) is 28.8 Å². The van der Waals surface area contributed by atoms with Gasteiger partial charge in [-0.1, -0.05) is 42.6 Å². The molecule has 0 atom stereocenters. The van der Waals surface area contributed by atoms with Crippen molar-refractivity contribution >= 4 is 57.9 Å². The van der Waals surface area contributed by atoms with Gasteiger partial charge in [0.2, 0.25) is 5.95 Å². The van der Waals surface area contributed by atoms with Gasteiger partial charge in [0.15, 0.2) is 0 Å². The van der Waals surface area contributed by atoms with Crippen LogP contribution in [0.2, 0.25) is 10.0 Å². The van der Waals surface area contributed by atoms with E-state index in [1.165, 1.54) is 11.3 Å². The summed E-state index contributed by atoms with van der Waals surface area (Å²) in [5, 5.41) is 4.16. The fraction of sp³-hybridized carbons (Fsp3) is 0.370. The SMILES string of the molecule is CCCCc1cc(Nc2ncc3c(n2)N(C)CN(c2c(Cl)cccc2Cl)C3=O)ccc1N1CCOCC1. The number of amides is 1. The Morgan fingerprint density at radius 3 is 2.59 bits per heavy atom. The van der Waals surface area contributed by atoms with Crippen LogP contribution in [0.15, 0.2) is 42.6 Å². The minimum absolute atomic E-state index is 0.244. The summed E-state index contributed by atoms with van der Waals surface area (Å²) < 4.78 is 5.54. The zero-order valence-corrected chi connectivity index (χ0v) is 22.5. The highest BCUT2D eigenvalue weighted by Crippen LogP contribution is 2.37. The number of ether oxygens (including phenoxy) is 1. The zero-order valence-electron chi connectivity index (χ0n) is 21.0. The van der Waals surface area contributed by atoms with Crippen LogP contribution in [0.25, 0.3) is 0 Å². The third-order valence-electron chi connectivity index (χ3n) is 6.65. The predicted octanol–water partition coefficient (Wildman–Crippen LogP) is 5.76. The van der Waals surface area contributed by atoms with Crippen LogP contribution in [0.1, 0.15) is 35.7 Å². The monoisotopic (exact) mass is 540 g/mol. The van der Waals surface area contributed by atoms with Crippen LogP contribution >= 0.6 is 23.2 Å². The Hall–Kier alpha value is -3.07. The van der Waals surface area contributed by atoms with Crippen molar-refractivity contribution in [1.29, 1.82) is 0 Å². The third kappa shape index (κ3) is 5.32. The second kappa shape index (κ2) is 11.1. The molecule has 0 bridgehead atoms. The molecule has 1 saturated heterocycles. The maximum Gasteiger partial charge on any atom is 0.265 e. The molecule has 0 aliphatic carbocycles. The van der Waals surface area contributed by atoms with E-state index in [1.54, 1.807) is 29.3 Å². The average Bonchev–Trinajstić information content (AvgIpc) is 2.90. The molecule has 2 aromatic carbocycles. The first-order valence-electron chi connectivity index (χ1n) is 12.5. The van der Waals surface area contributed by atoms with Gasteiger partial charge in [-0.2, -0.15) is 4.98 Å². The first-order chi connectivity index (χ1) is 18.0. The number of nitrogens with zero attached hydrogens (tertiary/aromatic N) is 5. The van der Waals surface area contributed by atoms with Crippen molar-refractivity contribution in [3.63, 3.8) is 0 Å². The van der Waals surface area contributed by atoms with E-state index in [2.05, 4.69) is 45.3 Å². The number of carbonyl (C=O) groups excluding carboxylic acids is 1. The molecule has 3 aromatic rings. The molecule has 0 unspecified atom stereocenters. The number of unbranched alkanes of at least 4 members (excludes halogenated alkanes) is 1. The summed E-state index contributed by atoms with van der Waals surface area (Å²) in [6.45, 7) is 5.77. The number of para-hydroxylation sites is 1. The molecule has 194 valence electrons. The van der Waals surface area contributed by atoms with E-state index in [4.69, 9.17) is 27.9 Å². The van der Waals surface area contributed by atoms with Crippen molar-refractivity contribution < 1.29 is 9.53 Å². The first kappa shape index (κ1) is 25.6. The summed E-state index contributed by atoms with van der Waals surface area (Å²) in [5.74, 6) is 0.743. The molecule has 0 spiro atoms. The van der Waals surface area contributed by atoms with Gasteiger partial charge in [0.25, 0.3) is 5.91 Å². The van der Waals surface area contributed by atoms with E-state index < -0.39 is 0 Å². The Kier molecular flexibility index (Phi) is 7.69. The number of halogens is 2. The lowest BCUT2D eigenvalue weighted by Gasteiger charge is -2.35. The molecule has 1 amide bonds. The van der Waals surface area contributed by atoms with Gasteiger partial charge in [0, 0.05) is 37.7 Å². The summed E-state index contributed by atoms with van der Waals surface area (Å²) >= 11 is 12.8. The Labute approximate surface area is 227 Å². The molecule has 2 aliphatic rings. The molecule has 0 saturated carbocycles. The topological polar surface area (TPSA) is 73.8 Å². The minimum Gasteiger partial charge on any atom is -0.378 e. The maximum absolute atomic E-state index is 13.3. The van der Waals surface area contributed by atoms with Gasteiger partial charge in [-0.3, -0.25) is 9.69 Å². The molecule has 1 fully saturated rings. The van der Waals surface area contributed by atoms with E-state index in [0.717, 1.165) is 51.3 Å². The molecule has 2 aliphatic heterocycles. The Morgan fingerprint density at radius 2 is 1.86 bits per heavy atom. The van der Waals surface area contributed by atoms with Gasteiger partial charge in [0.05, 0.1) is 35.6 Å². The molecule has 3 heterocycles. The van der Waals surface area contributed by atoms with Gasteiger partial charge in [-0.05, 0) is 48.7 Å². The molecule has 10 heteroatoms. The van der Waals surface area contributed by atoms with Crippen LogP contribution in [0, 0.1) is 0 Å². The normalized spacial score (nSPS) is 15.7. The lowest BCUT2D eigenvalue weighted by atomic mass is 10.0. The molecule has 1 N–H and O–H groups in total. The molecule has 1 aromatic heterocycles. The van der Waals surface area contributed by atoms with Crippen LogP contribution in [0.3, 0.4) is 0 Å². The van der Waals surface area contributed by atoms with Crippen molar-refractivity contribution in [2.75, 3.05) is 60.0 Å². The van der Waals surface area contributed by atoms with E-state index in [9.17, 15) is 4.79 Å². The number of hydrogen-bond acceptors (Lipinski definition) is 7. The second-order valence-electron chi connectivity index (χ2n) is 9.25. The number of hydrogen-bond donors (Lipinski definition) is 1. The number of nitrogens with one attached hydrogen (secondary N) is 1. The summed E-state index contributed by atoms with van der Waals surface area (Å²) in [6, 6.07) is 11.6. The van der Waals surface area contributed by atoms with Crippen molar-refractivity contribution in [3.8, 4) is 0 Å². The Bertz CT molecular complexity index is 1280. The van der Waals surface area contributed by atoms with Gasteiger partial charge < -0.3 is 19.9 Å². The van der Waals surface area contributed by atoms with Crippen LogP contribution in [-0.4, -0.2) is 55.9 Å². The largest absolute Gasteiger partial charge is 0.378 e. The average molecular weight is 541 g/mol. The van der Waals surface area contributed by atoms with E-state index in [0.29, 0.717) is 33.1 Å². The number of aryl methyl sites for hydroxylation is 1. The van der Waals surface area contributed by atoms with Crippen molar-refractivity contribution in [2.24, 2.45) is 0 Å². The Balaban J connectivity index is 1.40. The molecule has 0 radical (unpaired) electrons. The number of rotatable bonds is 7. The Morgan fingerprint density at radius 1 is 1.11 bits per heavy atom. The van der Waals surface area contributed by atoms with Crippen molar-refractivity contribution in [3.05, 3.63) is 63.8 Å². The quantitative estimate of drug-likeness (QED) is 0.408. The van der Waals surface area contributed by atoms with E-state index in [-0.39, 0.29) is 12.6 Å². The number of morpholine rings is 1. The lowest BCUT2D eigenvalue weighted by Crippen LogP contribution is -2.46. The first-order valence-corrected chi connectivity index (χ1v) is 13.3. The predicted molar refractivity (Wildman–Crippen MR) is 150 cm³/mol. The summed E-state index contributed by atoms with van der Waals surface area (Å²) in [4.78, 5) is 28.3. The fourth-order valence-corrected chi connectivity index (χ4v) is 5.36. The van der Waals surface area contributed by atoms with Gasteiger partial charge in [-0.15, -0.1) is 0 Å². The number of aromatic nitrogens is 2. The minimum atomic E-state index is -0.244. The number of carbonyl (C=O) groups is 1. The van der Waals surface area contributed by atoms with Crippen LogP contribution < -0.4 is 20.0 Å². The fourth-order valence-electron chi connectivity index (χ4n) is 4.76. The molecule has 5 rings (SSSR count). The highest BCUT2D eigenvalue weighted by Gasteiger charge is 2.32. The highest BCUT2D eigenvalue weighted by molar-refractivity contribution is 6.40. The molecule has 8 nitrogen and oxygen atoms in total. The maximum atomic E-state index is 13.3. The standard InChI is InChI=1S/C27H30Cl2N6O2/c1-3-4-6-18-15-19(9-10-23(18)34-11-13-37-14-12-34)31-27-30-16-20-25(32-27)33(2)17-35(26(20)36)24-21(28)7-5-8-22(24)29/h5,7-10,15-16H,3-4,6,11-14,17H2,1-2H3,(H,30,31,32). The van der Waals surface area contributed by atoms with Crippen molar-refractivity contribution in [1.82, 2.24) is 9.97 Å². The summed E-state index contributed by atoms with van der Waals surface area (Å²) in [5.41, 5.74) is 4.35. The molecular weight excluding hydrogens is 511 g/mol. The lowest BCUT2D eigenvalue weighted by molar-refractivity contribution is 0.0982. The third-order valence-corrected chi connectivity index (χ3v) is 7.26. The zero-order chi connectivity index (χ0) is 25.9. The number of fused-ring (bicyclic) bond motifs is 1. The number of anilines is 5. The van der Waals surface area contributed by atoms with Gasteiger partial charge in [-0.25, -0.2) is 4.98 Å². The highest BCUT2D eigenvalue weighted by atomic mass is 35.5. The van der Waals surface area contributed by atoms with E-state index >= 15 is 0 Å². The van der Waals surface area contributed by atoms with Gasteiger partial charge >= 0.3 is 0 Å². The van der Waals surface area contributed by atoms with Crippen molar-refractivity contribution in [2.45, 2.75) is 26.2 Å². The van der Waals surface area contributed by atoms with Crippen LogP contribution in [0.5, 0.6) is 0 Å². The molecular formula is C27H30Cl2N6O2. The second-order valence-corrected chi connectivity index (χ2v) is 10.1. The summed E-state index contributed by atoms with van der Waals surface area (Å²) in [6.07, 6.45) is 4.81. The van der Waals surface area contributed by atoms with Crippen LogP contribution in [-0.2, 0) is 11.2 Å². The van der Waals surface area contributed by atoms with Gasteiger partial charge in [0.1, 0.15) is 11.4 Å². The van der Waals surface area contributed by atoms with E-state index in [1.807, 2.05) is 11.9 Å². The number of benzene rings is 2. The summed E-state index contributed by atoms with van der Waals surface area (Å²) in [7, 11) is 1.87. The molecule has 37 heavy (non-hydrogen) atoms.